The Balaban J connectivity index is 2.51. The lowest BCUT2D eigenvalue weighted by Gasteiger charge is -2.30. The molecule has 2 heteroatoms. The second-order valence-corrected chi connectivity index (χ2v) is 9.02. The van der Waals surface area contributed by atoms with Crippen LogP contribution in [0.4, 0.5) is 0 Å². The number of hydrogen-bond acceptors (Lipinski definition) is 2. The molecule has 0 heterocycles. The van der Waals surface area contributed by atoms with Gasteiger partial charge in [0.15, 0.2) is 0 Å². The summed E-state index contributed by atoms with van der Waals surface area (Å²) in [4.78, 5) is 2.33. The molecule has 1 aliphatic carbocycles. The topological polar surface area (TPSA) is 15.3 Å². The monoisotopic (exact) mass is 296 g/mol. The van der Waals surface area contributed by atoms with Gasteiger partial charge in [0.05, 0.1) is 0 Å². The fourth-order valence-electron chi connectivity index (χ4n) is 3.87. The van der Waals surface area contributed by atoms with Crippen LogP contribution in [0.3, 0.4) is 0 Å². The normalized spacial score (nSPS) is 26.1. The zero-order chi connectivity index (χ0) is 16.0. The van der Waals surface area contributed by atoms with Crippen LogP contribution in [0.5, 0.6) is 0 Å². The van der Waals surface area contributed by atoms with Crippen molar-refractivity contribution in [3.05, 3.63) is 0 Å². The number of nitrogens with one attached hydrogen (secondary N) is 1. The van der Waals surface area contributed by atoms with Gasteiger partial charge in [0.2, 0.25) is 0 Å². The highest BCUT2D eigenvalue weighted by Crippen LogP contribution is 2.36. The maximum Gasteiger partial charge on any atom is 0.0199 e. The highest BCUT2D eigenvalue weighted by atomic mass is 15.1. The van der Waals surface area contributed by atoms with Crippen LogP contribution < -0.4 is 5.32 Å². The first kappa shape index (κ1) is 19.0. The van der Waals surface area contributed by atoms with Gasteiger partial charge in [0, 0.05) is 18.6 Å². The molecule has 1 aliphatic rings. The molecule has 0 saturated heterocycles. The average Bonchev–Trinajstić information content (AvgIpc) is 2.51. The van der Waals surface area contributed by atoms with Gasteiger partial charge in [-0.15, -0.1) is 0 Å². The molecule has 126 valence electrons. The quantitative estimate of drug-likeness (QED) is 0.724. The van der Waals surface area contributed by atoms with E-state index in [0.29, 0.717) is 11.5 Å². The zero-order valence-electron chi connectivity index (χ0n) is 15.7. The van der Waals surface area contributed by atoms with Crippen LogP contribution in [0, 0.1) is 17.3 Å². The van der Waals surface area contributed by atoms with Gasteiger partial charge in [-0.2, -0.15) is 0 Å². The van der Waals surface area contributed by atoms with Gasteiger partial charge in [0.1, 0.15) is 0 Å². The maximum absolute atomic E-state index is 3.99. The zero-order valence-corrected chi connectivity index (χ0v) is 15.7. The molecule has 1 rings (SSSR count). The fourth-order valence-corrected chi connectivity index (χ4v) is 3.87. The minimum atomic E-state index is 0.482. The van der Waals surface area contributed by atoms with E-state index in [-0.39, 0.29) is 0 Å². The van der Waals surface area contributed by atoms with Gasteiger partial charge >= 0.3 is 0 Å². The molecule has 0 spiro atoms. The van der Waals surface area contributed by atoms with Crippen molar-refractivity contribution in [1.82, 2.24) is 10.2 Å². The Labute approximate surface area is 134 Å². The van der Waals surface area contributed by atoms with E-state index in [0.717, 1.165) is 24.4 Å². The van der Waals surface area contributed by atoms with Crippen LogP contribution in [0.2, 0.25) is 0 Å². The molecule has 0 aromatic rings. The molecular weight excluding hydrogens is 256 g/mol. The molecule has 0 aromatic heterocycles. The predicted octanol–water partition coefficient (Wildman–Crippen LogP) is 4.55. The van der Waals surface area contributed by atoms with E-state index in [4.69, 9.17) is 0 Å². The smallest absolute Gasteiger partial charge is 0.0199 e. The van der Waals surface area contributed by atoms with Gasteiger partial charge in [-0.25, -0.2) is 0 Å². The molecule has 0 amide bonds. The Bertz CT molecular complexity index is 268. The Morgan fingerprint density at radius 3 is 2.24 bits per heavy atom. The molecule has 21 heavy (non-hydrogen) atoms. The van der Waals surface area contributed by atoms with E-state index >= 15 is 0 Å². The van der Waals surface area contributed by atoms with Crippen LogP contribution in [-0.4, -0.2) is 37.6 Å². The van der Waals surface area contributed by atoms with Crippen LogP contribution in [0.25, 0.3) is 0 Å². The lowest BCUT2D eigenvalue weighted by molar-refractivity contribution is 0.212. The minimum absolute atomic E-state index is 0.482. The molecule has 0 aromatic carbocycles. The second-order valence-electron chi connectivity index (χ2n) is 9.02. The van der Waals surface area contributed by atoms with Crippen molar-refractivity contribution in [2.75, 3.05) is 20.6 Å². The Morgan fingerprint density at radius 1 is 1.05 bits per heavy atom. The van der Waals surface area contributed by atoms with Crippen molar-refractivity contribution >= 4 is 0 Å². The van der Waals surface area contributed by atoms with Crippen LogP contribution in [0.15, 0.2) is 0 Å². The summed E-state index contributed by atoms with van der Waals surface area (Å²) in [6, 6.07) is 1.39. The molecule has 3 unspecified atom stereocenters. The highest BCUT2D eigenvalue weighted by molar-refractivity contribution is 4.84. The average molecular weight is 297 g/mol. The summed E-state index contributed by atoms with van der Waals surface area (Å²) in [5.41, 5.74) is 0.482. The number of likely N-dealkylation sites (N-methyl/N-ethyl adjacent to an activating group) is 1. The van der Waals surface area contributed by atoms with Crippen LogP contribution >= 0.6 is 0 Å². The van der Waals surface area contributed by atoms with Crippen molar-refractivity contribution in [3.63, 3.8) is 0 Å². The Kier molecular flexibility index (Phi) is 7.70. The fraction of sp³-hybridized carbons (Fsp3) is 1.00. The molecule has 1 saturated carbocycles. The number of rotatable bonds is 6. The van der Waals surface area contributed by atoms with Gasteiger partial charge in [-0.3, -0.25) is 0 Å². The Hall–Kier alpha value is -0.0800. The lowest BCUT2D eigenvalue weighted by atomic mass is 9.76. The Morgan fingerprint density at radius 2 is 1.71 bits per heavy atom. The van der Waals surface area contributed by atoms with Crippen LogP contribution in [0.1, 0.15) is 73.1 Å². The summed E-state index contributed by atoms with van der Waals surface area (Å²) in [7, 11) is 4.38. The first-order chi connectivity index (χ1) is 9.68. The van der Waals surface area contributed by atoms with Crippen molar-refractivity contribution < 1.29 is 0 Å². The third-order valence-electron chi connectivity index (χ3n) is 5.01. The van der Waals surface area contributed by atoms with Crippen molar-refractivity contribution in [1.29, 1.82) is 0 Å². The molecule has 0 radical (unpaired) electrons. The largest absolute Gasteiger partial charge is 0.310 e. The van der Waals surface area contributed by atoms with Gasteiger partial charge < -0.3 is 10.2 Å². The molecule has 1 N–H and O–H groups in total. The van der Waals surface area contributed by atoms with Gasteiger partial charge in [0.25, 0.3) is 0 Å². The van der Waals surface area contributed by atoms with E-state index in [1.54, 1.807) is 0 Å². The summed E-state index contributed by atoms with van der Waals surface area (Å²) in [6.45, 7) is 13.1. The first-order valence-electron chi connectivity index (χ1n) is 9.09. The van der Waals surface area contributed by atoms with E-state index in [1.165, 1.54) is 38.5 Å². The molecule has 1 fully saturated rings. The van der Waals surface area contributed by atoms with E-state index in [1.807, 2.05) is 0 Å². The number of nitrogens with zero attached hydrogens (tertiary/aromatic N) is 1. The maximum atomic E-state index is 3.99. The first-order valence-corrected chi connectivity index (χ1v) is 9.09. The van der Waals surface area contributed by atoms with Crippen molar-refractivity contribution in [2.24, 2.45) is 17.3 Å². The third-order valence-corrected chi connectivity index (χ3v) is 5.01. The van der Waals surface area contributed by atoms with E-state index in [9.17, 15) is 0 Å². The predicted molar refractivity (Wildman–Crippen MR) is 94.8 cm³/mol. The molecule has 3 atom stereocenters. The summed E-state index contributed by atoms with van der Waals surface area (Å²) < 4.78 is 0. The van der Waals surface area contributed by atoms with Gasteiger partial charge in [-0.1, -0.05) is 41.0 Å². The molecule has 2 nitrogen and oxygen atoms in total. The summed E-state index contributed by atoms with van der Waals surface area (Å²) >= 11 is 0. The molecule has 0 aliphatic heterocycles. The number of hydrogen-bond donors (Lipinski definition) is 1. The summed E-state index contributed by atoms with van der Waals surface area (Å²) in [5.74, 6) is 1.68. The summed E-state index contributed by atoms with van der Waals surface area (Å²) in [5, 5.41) is 3.99. The summed E-state index contributed by atoms with van der Waals surface area (Å²) in [6.07, 6.45) is 8.24. The molecular formula is C19H40N2. The standard InChI is InChI=1S/C19H40N2/c1-15(2)13-18(14-21(6)7)20-17-10-8-9-16(11-12-17)19(3,4)5/h15-18,20H,8-14H2,1-7H3. The minimum Gasteiger partial charge on any atom is -0.310 e. The van der Waals surface area contributed by atoms with Crippen molar-refractivity contribution in [2.45, 2.75) is 85.2 Å². The van der Waals surface area contributed by atoms with Crippen molar-refractivity contribution in [3.8, 4) is 0 Å². The van der Waals surface area contributed by atoms with Gasteiger partial charge in [-0.05, 0) is 63.5 Å². The third kappa shape index (κ3) is 7.65. The lowest BCUT2D eigenvalue weighted by Crippen LogP contribution is -2.44. The van der Waals surface area contributed by atoms with E-state index < -0.39 is 0 Å². The second kappa shape index (κ2) is 8.53. The highest BCUT2D eigenvalue weighted by Gasteiger charge is 2.28. The van der Waals surface area contributed by atoms with Crippen LogP contribution in [-0.2, 0) is 0 Å². The SMILES string of the molecule is CC(C)CC(CN(C)C)NC1CCCC(C(C)(C)C)CC1. The van der Waals surface area contributed by atoms with E-state index in [2.05, 4.69) is 58.9 Å². The molecule has 0 bridgehead atoms.